The highest BCUT2D eigenvalue weighted by molar-refractivity contribution is 5.33. The van der Waals surface area contributed by atoms with Gasteiger partial charge in [0.1, 0.15) is 5.75 Å². The zero-order valence-electron chi connectivity index (χ0n) is 12.5. The summed E-state index contributed by atoms with van der Waals surface area (Å²) in [7, 11) is 1.76. The molecule has 1 fully saturated rings. The summed E-state index contributed by atoms with van der Waals surface area (Å²) in [5.41, 5.74) is 1.34. The van der Waals surface area contributed by atoms with E-state index in [-0.39, 0.29) is 0 Å². The lowest BCUT2D eigenvalue weighted by Gasteiger charge is -2.21. The molecule has 0 heterocycles. The van der Waals surface area contributed by atoms with E-state index in [1.807, 2.05) is 6.07 Å². The Kier molecular flexibility index (Phi) is 5.26. The van der Waals surface area contributed by atoms with E-state index in [1.54, 1.807) is 7.11 Å². The van der Waals surface area contributed by atoms with Crippen LogP contribution in [-0.4, -0.2) is 19.7 Å². The van der Waals surface area contributed by atoms with Crippen LogP contribution in [0.2, 0.25) is 0 Å². The highest BCUT2D eigenvalue weighted by atomic mass is 16.5. The van der Waals surface area contributed by atoms with E-state index < -0.39 is 0 Å². The molecule has 1 aromatic rings. The minimum Gasteiger partial charge on any atom is -0.496 e. The average molecular weight is 261 g/mol. The fourth-order valence-electron chi connectivity index (χ4n) is 2.71. The summed E-state index contributed by atoms with van der Waals surface area (Å²) in [4.78, 5) is 0. The summed E-state index contributed by atoms with van der Waals surface area (Å²) in [5.74, 6) is 2.49. The fraction of sp³-hybridized carbons (Fsp3) is 0.647. The van der Waals surface area contributed by atoms with E-state index in [9.17, 15) is 0 Å². The molecular weight excluding hydrogens is 234 g/mol. The van der Waals surface area contributed by atoms with Crippen LogP contribution in [-0.2, 0) is 6.42 Å². The zero-order chi connectivity index (χ0) is 13.7. The second-order valence-corrected chi connectivity index (χ2v) is 6.19. The highest BCUT2D eigenvalue weighted by Crippen LogP contribution is 2.25. The van der Waals surface area contributed by atoms with Gasteiger partial charge in [-0.05, 0) is 55.7 Å². The second-order valence-electron chi connectivity index (χ2n) is 6.19. The molecule has 0 aromatic heterocycles. The van der Waals surface area contributed by atoms with Gasteiger partial charge in [0.25, 0.3) is 0 Å². The van der Waals surface area contributed by atoms with Crippen LogP contribution in [0.4, 0.5) is 0 Å². The van der Waals surface area contributed by atoms with E-state index in [2.05, 4.69) is 37.4 Å². The lowest BCUT2D eigenvalue weighted by Crippen LogP contribution is -2.27. The van der Waals surface area contributed by atoms with Crippen LogP contribution in [0.15, 0.2) is 24.3 Å². The summed E-state index contributed by atoms with van der Waals surface area (Å²) in [5, 5.41) is 3.68. The molecule has 0 radical (unpaired) electrons. The number of benzene rings is 1. The lowest BCUT2D eigenvalue weighted by molar-refractivity contribution is 0.370. The topological polar surface area (TPSA) is 21.3 Å². The molecule has 1 N–H and O–H groups in total. The predicted octanol–water partition coefficient (Wildman–Crippen LogP) is 3.65. The first-order valence-electron chi connectivity index (χ1n) is 7.54. The standard InChI is InChI=1S/C17H27NO/c1-13(2)10-14(12-18-16-8-9-16)11-15-6-4-5-7-17(15)19-3/h4-7,13-14,16,18H,8-12H2,1-3H3. The van der Waals surface area contributed by atoms with Crippen molar-refractivity contribution >= 4 is 0 Å². The summed E-state index contributed by atoms with van der Waals surface area (Å²) in [6, 6.07) is 9.22. The molecule has 0 amide bonds. The van der Waals surface area contributed by atoms with Crippen molar-refractivity contribution in [2.75, 3.05) is 13.7 Å². The van der Waals surface area contributed by atoms with Crippen molar-refractivity contribution in [3.63, 3.8) is 0 Å². The SMILES string of the molecule is COc1ccccc1CC(CNC1CC1)CC(C)C. The maximum absolute atomic E-state index is 5.47. The van der Waals surface area contributed by atoms with Crippen molar-refractivity contribution in [1.82, 2.24) is 5.32 Å². The number of hydrogen-bond acceptors (Lipinski definition) is 2. The molecule has 1 atom stereocenters. The minimum absolute atomic E-state index is 0.705. The molecule has 1 unspecified atom stereocenters. The van der Waals surface area contributed by atoms with Crippen molar-refractivity contribution in [1.29, 1.82) is 0 Å². The molecule has 2 rings (SSSR count). The van der Waals surface area contributed by atoms with Crippen LogP contribution in [0.25, 0.3) is 0 Å². The molecule has 0 aliphatic heterocycles. The quantitative estimate of drug-likeness (QED) is 0.771. The van der Waals surface area contributed by atoms with E-state index in [1.165, 1.54) is 24.8 Å². The van der Waals surface area contributed by atoms with E-state index in [0.29, 0.717) is 5.92 Å². The van der Waals surface area contributed by atoms with Crippen LogP contribution in [0, 0.1) is 11.8 Å². The van der Waals surface area contributed by atoms with Gasteiger partial charge in [-0.25, -0.2) is 0 Å². The maximum atomic E-state index is 5.47. The summed E-state index contributed by atoms with van der Waals surface area (Å²) < 4.78 is 5.47. The molecule has 2 heteroatoms. The van der Waals surface area contributed by atoms with Crippen LogP contribution < -0.4 is 10.1 Å². The molecule has 0 saturated heterocycles. The van der Waals surface area contributed by atoms with E-state index >= 15 is 0 Å². The Labute approximate surface area is 117 Å². The van der Waals surface area contributed by atoms with Gasteiger partial charge in [0.2, 0.25) is 0 Å². The van der Waals surface area contributed by atoms with Crippen LogP contribution >= 0.6 is 0 Å². The number of methoxy groups -OCH3 is 1. The Morgan fingerprint density at radius 2 is 2.00 bits per heavy atom. The van der Waals surface area contributed by atoms with Crippen LogP contribution in [0.5, 0.6) is 5.75 Å². The van der Waals surface area contributed by atoms with Gasteiger partial charge in [-0.1, -0.05) is 32.0 Å². The van der Waals surface area contributed by atoms with Gasteiger partial charge >= 0.3 is 0 Å². The largest absolute Gasteiger partial charge is 0.496 e. The fourth-order valence-corrected chi connectivity index (χ4v) is 2.71. The molecular formula is C17H27NO. The second kappa shape index (κ2) is 6.95. The smallest absolute Gasteiger partial charge is 0.122 e. The molecule has 1 aliphatic rings. The Balaban J connectivity index is 1.96. The molecule has 0 spiro atoms. The predicted molar refractivity (Wildman–Crippen MR) is 80.7 cm³/mol. The maximum Gasteiger partial charge on any atom is 0.122 e. The van der Waals surface area contributed by atoms with Gasteiger partial charge in [0, 0.05) is 6.04 Å². The first-order chi connectivity index (χ1) is 9.19. The molecule has 1 saturated carbocycles. The van der Waals surface area contributed by atoms with Gasteiger partial charge in [-0.3, -0.25) is 0 Å². The number of nitrogens with one attached hydrogen (secondary N) is 1. The zero-order valence-corrected chi connectivity index (χ0v) is 12.5. The number of para-hydroxylation sites is 1. The van der Waals surface area contributed by atoms with Crippen molar-refractivity contribution in [2.24, 2.45) is 11.8 Å². The Morgan fingerprint density at radius 1 is 1.26 bits per heavy atom. The monoisotopic (exact) mass is 261 g/mol. The summed E-state index contributed by atoms with van der Waals surface area (Å²) in [6.45, 7) is 5.76. The first-order valence-corrected chi connectivity index (χ1v) is 7.54. The summed E-state index contributed by atoms with van der Waals surface area (Å²) >= 11 is 0. The van der Waals surface area contributed by atoms with Crippen molar-refractivity contribution in [2.45, 2.75) is 45.6 Å². The Hall–Kier alpha value is -1.02. The van der Waals surface area contributed by atoms with E-state index in [4.69, 9.17) is 4.74 Å². The molecule has 1 aromatic carbocycles. The lowest BCUT2D eigenvalue weighted by atomic mass is 9.90. The van der Waals surface area contributed by atoms with Gasteiger partial charge < -0.3 is 10.1 Å². The molecule has 19 heavy (non-hydrogen) atoms. The van der Waals surface area contributed by atoms with Crippen LogP contribution in [0.3, 0.4) is 0 Å². The van der Waals surface area contributed by atoms with Crippen molar-refractivity contribution in [3.8, 4) is 5.75 Å². The number of rotatable bonds is 8. The number of ether oxygens (including phenoxy) is 1. The minimum atomic E-state index is 0.705. The van der Waals surface area contributed by atoms with Crippen molar-refractivity contribution < 1.29 is 4.74 Å². The summed E-state index contributed by atoms with van der Waals surface area (Å²) in [6.07, 6.45) is 5.12. The molecule has 2 nitrogen and oxygen atoms in total. The van der Waals surface area contributed by atoms with Gasteiger partial charge in [-0.15, -0.1) is 0 Å². The Morgan fingerprint density at radius 3 is 2.63 bits per heavy atom. The molecule has 0 bridgehead atoms. The van der Waals surface area contributed by atoms with Gasteiger partial charge in [0.05, 0.1) is 7.11 Å². The Bertz CT molecular complexity index is 385. The van der Waals surface area contributed by atoms with Gasteiger partial charge in [0.15, 0.2) is 0 Å². The van der Waals surface area contributed by atoms with Crippen molar-refractivity contribution in [3.05, 3.63) is 29.8 Å². The first kappa shape index (κ1) is 14.4. The molecule has 106 valence electrons. The highest BCUT2D eigenvalue weighted by Gasteiger charge is 2.22. The van der Waals surface area contributed by atoms with E-state index in [0.717, 1.165) is 30.7 Å². The average Bonchev–Trinajstić information content (AvgIpc) is 3.20. The molecule has 1 aliphatic carbocycles. The third kappa shape index (κ3) is 4.87. The van der Waals surface area contributed by atoms with Gasteiger partial charge in [-0.2, -0.15) is 0 Å². The normalized spacial score (nSPS) is 16.6. The van der Waals surface area contributed by atoms with Crippen LogP contribution in [0.1, 0.15) is 38.7 Å². The third-order valence-corrected chi connectivity index (χ3v) is 3.78. The third-order valence-electron chi connectivity index (χ3n) is 3.78. The number of hydrogen-bond donors (Lipinski definition) is 1.